The zero-order chi connectivity index (χ0) is 13.9. The van der Waals surface area contributed by atoms with Gasteiger partial charge in [-0.05, 0) is 42.7 Å². The molecule has 1 aliphatic heterocycles. The van der Waals surface area contributed by atoms with E-state index in [1.165, 1.54) is 4.88 Å². The summed E-state index contributed by atoms with van der Waals surface area (Å²) < 4.78 is 0. The van der Waals surface area contributed by atoms with Crippen LogP contribution in [0.5, 0.6) is 0 Å². The van der Waals surface area contributed by atoms with Crippen molar-refractivity contribution in [3.63, 3.8) is 0 Å². The first-order chi connectivity index (χ1) is 9.00. The van der Waals surface area contributed by atoms with Crippen molar-refractivity contribution in [3.8, 4) is 0 Å². The Kier molecular flexibility index (Phi) is 4.63. The number of nitrogens with zero attached hydrogens (tertiary/aromatic N) is 1. The molecular formula is C15H24N2OS. The number of carbonyl (C=O) groups excluding carboxylic acids is 1. The summed E-state index contributed by atoms with van der Waals surface area (Å²) in [6.07, 6.45) is 3.23. The largest absolute Gasteiger partial charge is 0.344 e. The minimum absolute atomic E-state index is 0.0328. The first kappa shape index (κ1) is 14.5. The zero-order valence-corrected chi connectivity index (χ0v) is 12.9. The number of rotatable bonds is 4. The summed E-state index contributed by atoms with van der Waals surface area (Å²) in [5.41, 5.74) is 0.0620. The number of nitrogens with one attached hydrogen (secondary N) is 1. The smallest absolute Gasteiger partial charge is 0.240 e. The fourth-order valence-electron chi connectivity index (χ4n) is 2.70. The van der Waals surface area contributed by atoms with E-state index in [0.29, 0.717) is 0 Å². The molecule has 0 saturated carbocycles. The second-order valence-corrected chi connectivity index (χ2v) is 7.10. The average molecular weight is 280 g/mol. The van der Waals surface area contributed by atoms with Crippen LogP contribution in [0.2, 0.25) is 0 Å². The Labute approximate surface area is 120 Å². The molecule has 2 heterocycles. The van der Waals surface area contributed by atoms with Gasteiger partial charge in [0.2, 0.25) is 5.91 Å². The number of carbonyl (C=O) groups is 1. The predicted molar refractivity (Wildman–Crippen MR) is 80.5 cm³/mol. The molecule has 0 bridgehead atoms. The van der Waals surface area contributed by atoms with Gasteiger partial charge in [0.15, 0.2) is 0 Å². The highest BCUT2D eigenvalue weighted by Gasteiger charge is 2.38. The maximum Gasteiger partial charge on any atom is 0.240 e. The minimum atomic E-state index is -0.0328. The molecule has 3 nitrogen and oxygen atoms in total. The van der Waals surface area contributed by atoms with Crippen LogP contribution in [0.25, 0.3) is 0 Å². The molecule has 1 amide bonds. The lowest BCUT2D eigenvalue weighted by atomic mass is 9.77. The molecule has 1 saturated heterocycles. The molecule has 1 N–H and O–H groups in total. The Morgan fingerprint density at radius 3 is 3.00 bits per heavy atom. The topological polar surface area (TPSA) is 32.3 Å². The molecule has 1 fully saturated rings. The molecule has 1 aromatic heterocycles. The first-order valence-electron chi connectivity index (χ1n) is 7.01. The highest BCUT2D eigenvalue weighted by atomic mass is 32.1. The standard InChI is InChI=1S/C15H24N2OS/c1-15(2)8-5-9-16-13(15)14(18)17(3)10-7-12-6-4-11-19-12/h4,6,11,13,16H,5,7-10H2,1-3H3. The van der Waals surface area contributed by atoms with Crippen LogP contribution in [0.15, 0.2) is 17.5 Å². The van der Waals surface area contributed by atoms with E-state index in [4.69, 9.17) is 0 Å². The van der Waals surface area contributed by atoms with Gasteiger partial charge >= 0.3 is 0 Å². The summed E-state index contributed by atoms with van der Waals surface area (Å²) in [5.74, 6) is 0.237. The van der Waals surface area contributed by atoms with Crippen molar-refractivity contribution in [1.29, 1.82) is 0 Å². The van der Waals surface area contributed by atoms with E-state index < -0.39 is 0 Å². The van der Waals surface area contributed by atoms with E-state index in [2.05, 4.69) is 36.7 Å². The van der Waals surface area contributed by atoms with Crippen LogP contribution in [-0.2, 0) is 11.2 Å². The maximum atomic E-state index is 12.5. The van der Waals surface area contributed by atoms with Crippen LogP contribution in [0.1, 0.15) is 31.6 Å². The van der Waals surface area contributed by atoms with Gasteiger partial charge < -0.3 is 10.2 Å². The molecule has 2 rings (SSSR count). The van der Waals surface area contributed by atoms with Crippen LogP contribution in [-0.4, -0.2) is 37.0 Å². The van der Waals surface area contributed by atoms with Crippen molar-refractivity contribution < 1.29 is 4.79 Å². The molecule has 1 aliphatic rings. The van der Waals surface area contributed by atoms with Crippen LogP contribution < -0.4 is 5.32 Å². The lowest BCUT2D eigenvalue weighted by Crippen LogP contribution is -2.56. The van der Waals surface area contributed by atoms with Gasteiger partial charge in [0.25, 0.3) is 0 Å². The van der Waals surface area contributed by atoms with Crippen LogP contribution >= 0.6 is 11.3 Å². The van der Waals surface area contributed by atoms with E-state index in [1.807, 2.05) is 11.9 Å². The Bertz CT molecular complexity index is 414. The van der Waals surface area contributed by atoms with Crippen LogP contribution in [0, 0.1) is 5.41 Å². The van der Waals surface area contributed by atoms with Crippen molar-refractivity contribution in [3.05, 3.63) is 22.4 Å². The van der Waals surface area contributed by atoms with Crippen molar-refractivity contribution in [2.75, 3.05) is 20.1 Å². The second kappa shape index (κ2) is 6.06. The van der Waals surface area contributed by atoms with Gasteiger partial charge in [-0.25, -0.2) is 0 Å². The average Bonchev–Trinajstić information content (AvgIpc) is 2.87. The zero-order valence-electron chi connectivity index (χ0n) is 12.1. The highest BCUT2D eigenvalue weighted by Crippen LogP contribution is 2.30. The summed E-state index contributed by atoms with van der Waals surface area (Å²) in [5, 5.41) is 5.48. The van der Waals surface area contributed by atoms with Crippen molar-refractivity contribution in [2.24, 2.45) is 5.41 Å². The maximum absolute atomic E-state index is 12.5. The molecule has 1 unspecified atom stereocenters. The third-order valence-electron chi connectivity index (χ3n) is 4.02. The normalized spacial score (nSPS) is 22.2. The second-order valence-electron chi connectivity index (χ2n) is 6.07. The number of piperidine rings is 1. The Morgan fingerprint density at radius 1 is 1.58 bits per heavy atom. The van der Waals surface area contributed by atoms with Crippen LogP contribution in [0.3, 0.4) is 0 Å². The SMILES string of the molecule is CN(CCc1cccs1)C(=O)C1NCCCC1(C)C. The van der Waals surface area contributed by atoms with Gasteiger partial charge in [0.05, 0.1) is 6.04 Å². The van der Waals surface area contributed by atoms with Gasteiger partial charge in [-0.1, -0.05) is 19.9 Å². The van der Waals surface area contributed by atoms with E-state index >= 15 is 0 Å². The Morgan fingerprint density at radius 2 is 2.37 bits per heavy atom. The number of hydrogen-bond donors (Lipinski definition) is 1. The molecule has 1 atom stereocenters. The fraction of sp³-hybridized carbons (Fsp3) is 0.667. The van der Waals surface area contributed by atoms with Gasteiger partial charge in [0, 0.05) is 18.5 Å². The summed E-state index contributed by atoms with van der Waals surface area (Å²) in [6.45, 7) is 6.13. The lowest BCUT2D eigenvalue weighted by Gasteiger charge is -2.40. The van der Waals surface area contributed by atoms with Crippen LogP contribution in [0.4, 0.5) is 0 Å². The van der Waals surface area contributed by atoms with Crippen molar-refractivity contribution in [2.45, 2.75) is 39.2 Å². The number of likely N-dealkylation sites (N-methyl/N-ethyl adjacent to an activating group) is 1. The molecule has 0 spiro atoms. The molecule has 19 heavy (non-hydrogen) atoms. The monoisotopic (exact) mass is 280 g/mol. The summed E-state index contributed by atoms with van der Waals surface area (Å²) in [7, 11) is 1.92. The lowest BCUT2D eigenvalue weighted by molar-refractivity contribution is -0.136. The van der Waals surface area contributed by atoms with Gasteiger partial charge in [-0.3, -0.25) is 4.79 Å². The minimum Gasteiger partial charge on any atom is -0.344 e. The molecular weight excluding hydrogens is 256 g/mol. The van der Waals surface area contributed by atoms with Crippen molar-refractivity contribution >= 4 is 17.2 Å². The van der Waals surface area contributed by atoms with Crippen molar-refractivity contribution in [1.82, 2.24) is 10.2 Å². The first-order valence-corrected chi connectivity index (χ1v) is 7.89. The predicted octanol–water partition coefficient (Wildman–Crippen LogP) is 2.53. The van der Waals surface area contributed by atoms with Gasteiger partial charge in [-0.15, -0.1) is 11.3 Å². The van der Waals surface area contributed by atoms with Gasteiger partial charge in [0.1, 0.15) is 0 Å². The summed E-state index contributed by atoms with van der Waals surface area (Å²) in [6, 6.07) is 4.16. The molecule has 4 heteroatoms. The Balaban J connectivity index is 1.90. The Hall–Kier alpha value is -0.870. The summed E-state index contributed by atoms with van der Waals surface area (Å²) in [4.78, 5) is 15.8. The fourth-order valence-corrected chi connectivity index (χ4v) is 3.39. The number of hydrogen-bond acceptors (Lipinski definition) is 3. The molecule has 0 aromatic carbocycles. The van der Waals surface area contributed by atoms with Gasteiger partial charge in [-0.2, -0.15) is 0 Å². The highest BCUT2D eigenvalue weighted by molar-refractivity contribution is 7.09. The van der Waals surface area contributed by atoms with E-state index in [1.54, 1.807) is 11.3 Å². The third-order valence-corrected chi connectivity index (χ3v) is 4.96. The quantitative estimate of drug-likeness (QED) is 0.919. The molecule has 106 valence electrons. The molecule has 1 aromatic rings. The van der Waals surface area contributed by atoms with E-state index in [0.717, 1.165) is 32.4 Å². The molecule has 0 aliphatic carbocycles. The number of thiophene rings is 1. The van der Waals surface area contributed by atoms with E-state index in [9.17, 15) is 4.79 Å². The molecule has 0 radical (unpaired) electrons. The number of amides is 1. The third kappa shape index (κ3) is 3.57. The van der Waals surface area contributed by atoms with E-state index in [-0.39, 0.29) is 17.4 Å². The summed E-state index contributed by atoms with van der Waals surface area (Å²) >= 11 is 1.76.